The summed E-state index contributed by atoms with van der Waals surface area (Å²) in [5.41, 5.74) is 0. The van der Waals surface area contributed by atoms with Crippen LogP contribution in [0.4, 0.5) is 0 Å². The van der Waals surface area contributed by atoms with Crippen molar-refractivity contribution in [3.63, 3.8) is 0 Å². The van der Waals surface area contributed by atoms with Crippen LogP contribution in [-0.2, 0) is 26.6 Å². The number of hydrogen-bond donors (Lipinski definition) is 0. The average Bonchev–Trinajstić information content (AvgIpc) is 2.66. The Morgan fingerprint density at radius 3 is 0.828 bits per heavy atom. The van der Waals surface area contributed by atoms with Crippen LogP contribution in [0.15, 0.2) is 0 Å². The fourth-order valence-electron chi connectivity index (χ4n) is 2.90. The minimum absolute atomic E-state index is 0. The van der Waals surface area contributed by atoms with E-state index in [9.17, 15) is 0 Å². The third-order valence-corrected chi connectivity index (χ3v) is 16.9. The molecule has 0 spiro atoms. The molecular formula is C18H46O6S2Si3. The minimum Gasteiger partial charge on any atom is -0.373 e. The highest BCUT2D eigenvalue weighted by atomic mass is 33.1. The fraction of sp³-hybridized carbons (Fsp3) is 1.00. The standard InChI is InChI=1S/C18H42O6S2Si2.H4Si/c1-9-17(27(19-11-3,20-12-4)21-13-5)25-26-18(10-2)28(22-14-6,23-15-7)24-16-8;/h17-18H,9-16H2,1-8H3;1H4. The molecule has 0 bridgehead atoms. The van der Waals surface area contributed by atoms with E-state index in [4.69, 9.17) is 26.6 Å². The van der Waals surface area contributed by atoms with Crippen molar-refractivity contribution in [1.82, 2.24) is 0 Å². The van der Waals surface area contributed by atoms with E-state index in [2.05, 4.69) is 13.8 Å². The second-order valence-electron chi connectivity index (χ2n) is 5.79. The molecule has 0 aromatic carbocycles. The second kappa shape index (κ2) is 18.7. The van der Waals surface area contributed by atoms with Gasteiger partial charge in [-0.2, -0.15) is 0 Å². The van der Waals surface area contributed by atoms with Crippen molar-refractivity contribution < 1.29 is 26.6 Å². The smallest absolute Gasteiger partial charge is 0.373 e. The van der Waals surface area contributed by atoms with Crippen molar-refractivity contribution in [3.05, 3.63) is 0 Å². The highest BCUT2D eigenvalue weighted by Gasteiger charge is 2.53. The average molecular weight is 507 g/mol. The van der Waals surface area contributed by atoms with Crippen molar-refractivity contribution >= 4 is 50.2 Å². The van der Waals surface area contributed by atoms with Gasteiger partial charge in [0.1, 0.15) is 0 Å². The molecule has 0 N–H and O–H groups in total. The van der Waals surface area contributed by atoms with Gasteiger partial charge in [-0.1, -0.05) is 35.4 Å². The lowest BCUT2D eigenvalue weighted by Crippen LogP contribution is -2.56. The molecular weight excluding hydrogens is 461 g/mol. The Morgan fingerprint density at radius 2 is 0.690 bits per heavy atom. The van der Waals surface area contributed by atoms with Crippen LogP contribution in [0.1, 0.15) is 68.2 Å². The summed E-state index contributed by atoms with van der Waals surface area (Å²) in [6.07, 6.45) is 1.82. The van der Waals surface area contributed by atoms with E-state index >= 15 is 0 Å². The lowest BCUT2D eigenvalue weighted by molar-refractivity contribution is 0.0682. The van der Waals surface area contributed by atoms with Crippen LogP contribution in [0.5, 0.6) is 0 Å². The normalized spacial score (nSPS) is 14.5. The Hall–Kier alpha value is 1.11. The van der Waals surface area contributed by atoms with Gasteiger partial charge in [-0.15, -0.1) is 0 Å². The van der Waals surface area contributed by atoms with Crippen molar-refractivity contribution in [2.45, 2.75) is 78.0 Å². The molecule has 178 valence electrons. The first-order chi connectivity index (χ1) is 13.5. The molecule has 2 unspecified atom stereocenters. The number of hydrogen-bond acceptors (Lipinski definition) is 8. The molecule has 2 atom stereocenters. The fourth-order valence-corrected chi connectivity index (χ4v) is 15.4. The Kier molecular flexibility index (Phi) is 20.8. The Balaban J connectivity index is 0. The van der Waals surface area contributed by atoms with Crippen LogP contribution in [-0.4, -0.2) is 78.0 Å². The van der Waals surface area contributed by atoms with Crippen LogP contribution < -0.4 is 0 Å². The van der Waals surface area contributed by atoms with E-state index in [1.165, 1.54) is 0 Å². The number of rotatable bonds is 19. The van der Waals surface area contributed by atoms with Crippen LogP contribution in [0.2, 0.25) is 0 Å². The molecule has 0 saturated carbocycles. The zero-order valence-corrected chi connectivity index (χ0v) is 22.7. The maximum atomic E-state index is 6.14. The van der Waals surface area contributed by atoms with Gasteiger partial charge in [-0.25, -0.2) is 0 Å². The molecule has 0 aromatic heterocycles. The molecule has 0 aliphatic carbocycles. The molecule has 11 heteroatoms. The first-order valence-electron chi connectivity index (χ1n) is 10.6. The van der Waals surface area contributed by atoms with Crippen molar-refractivity contribution in [1.29, 1.82) is 0 Å². The summed E-state index contributed by atoms with van der Waals surface area (Å²) < 4.78 is 36.8. The minimum atomic E-state index is -2.78. The third-order valence-electron chi connectivity index (χ3n) is 3.89. The summed E-state index contributed by atoms with van der Waals surface area (Å²) in [5, 5.41) is 0. The molecule has 0 radical (unpaired) electrons. The van der Waals surface area contributed by atoms with Crippen molar-refractivity contribution in [2.24, 2.45) is 0 Å². The van der Waals surface area contributed by atoms with Gasteiger partial charge in [0.15, 0.2) is 0 Å². The van der Waals surface area contributed by atoms with E-state index in [-0.39, 0.29) is 20.7 Å². The Morgan fingerprint density at radius 1 is 0.483 bits per heavy atom. The summed E-state index contributed by atoms with van der Waals surface area (Å²) in [7, 11) is -2.00. The third kappa shape index (κ3) is 10.1. The van der Waals surface area contributed by atoms with Gasteiger partial charge >= 0.3 is 17.6 Å². The van der Waals surface area contributed by atoms with Gasteiger partial charge in [-0.3, -0.25) is 0 Å². The predicted octanol–water partition coefficient (Wildman–Crippen LogP) is 3.65. The van der Waals surface area contributed by atoms with E-state index in [1.807, 2.05) is 41.5 Å². The van der Waals surface area contributed by atoms with E-state index in [1.54, 1.807) is 21.6 Å². The molecule has 0 heterocycles. The molecule has 0 aromatic rings. The van der Waals surface area contributed by atoms with Gasteiger partial charge in [-0.05, 0) is 65.3 Å². The lowest BCUT2D eigenvalue weighted by Gasteiger charge is -2.37. The lowest BCUT2D eigenvalue weighted by atomic mass is 10.6. The maximum Gasteiger partial charge on any atom is 0.515 e. The highest BCUT2D eigenvalue weighted by Crippen LogP contribution is 2.43. The zero-order valence-electron chi connectivity index (χ0n) is 19.1. The molecule has 0 amide bonds. The molecule has 0 saturated heterocycles. The summed E-state index contributed by atoms with van der Waals surface area (Å²) in [6, 6.07) is 0. The topological polar surface area (TPSA) is 55.4 Å². The largest absolute Gasteiger partial charge is 0.515 e. The molecule has 6 nitrogen and oxygen atoms in total. The van der Waals surface area contributed by atoms with Crippen molar-refractivity contribution in [2.75, 3.05) is 39.6 Å². The van der Waals surface area contributed by atoms with Gasteiger partial charge in [0.05, 0.1) is 9.75 Å². The summed E-state index contributed by atoms with van der Waals surface area (Å²) >= 11 is 0. The van der Waals surface area contributed by atoms with E-state index in [0.717, 1.165) is 12.8 Å². The Bertz CT molecular complexity index is 317. The first-order valence-corrected chi connectivity index (χ1v) is 16.5. The van der Waals surface area contributed by atoms with Gasteiger partial charge in [0.25, 0.3) is 0 Å². The summed E-state index contributed by atoms with van der Waals surface area (Å²) in [6.45, 7) is 19.8. The summed E-state index contributed by atoms with van der Waals surface area (Å²) in [5.74, 6) is 0. The first kappa shape index (κ1) is 32.3. The van der Waals surface area contributed by atoms with E-state index < -0.39 is 17.6 Å². The van der Waals surface area contributed by atoms with Crippen LogP contribution in [0, 0.1) is 0 Å². The second-order valence-corrected chi connectivity index (χ2v) is 14.8. The molecule has 0 rings (SSSR count). The SMILES string of the molecule is CCO[Si](OCC)(OCC)C(CC)SSC(CC)[Si](OCC)(OCC)OCC.[SiH4]. The predicted molar refractivity (Wildman–Crippen MR) is 136 cm³/mol. The van der Waals surface area contributed by atoms with Gasteiger partial charge < -0.3 is 26.6 Å². The van der Waals surface area contributed by atoms with Crippen LogP contribution in [0.3, 0.4) is 0 Å². The quantitative estimate of drug-likeness (QED) is 0.194. The van der Waals surface area contributed by atoms with Crippen LogP contribution >= 0.6 is 21.6 Å². The molecule has 0 aliphatic heterocycles. The highest BCUT2D eigenvalue weighted by molar-refractivity contribution is 8.77. The van der Waals surface area contributed by atoms with Gasteiger partial charge in [0, 0.05) is 39.6 Å². The monoisotopic (exact) mass is 506 g/mol. The van der Waals surface area contributed by atoms with Crippen LogP contribution in [0.25, 0.3) is 0 Å². The maximum absolute atomic E-state index is 6.14. The summed E-state index contributed by atoms with van der Waals surface area (Å²) in [4.78, 5) is 0.283. The van der Waals surface area contributed by atoms with Gasteiger partial charge in [0.2, 0.25) is 0 Å². The molecule has 0 aliphatic rings. The molecule has 0 fully saturated rings. The van der Waals surface area contributed by atoms with Crippen molar-refractivity contribution in [3.8, 4) is 0 Å². The zero-order chi connectivity index (χ0) is 21.5. The van der Waals surface area contributed by atoms with E-state index in [0.29, 0.717) is 39.6 Å². The Labute approximate surface area is 194 Å². The molecule has 29 heavy (non-hydrogen) atoms.